The summed E-state index contributed by atoms with van der Waals surface area (Å²) < 4.78 is 4.79. The van der Waals surface area contributed by atoms with Gasteiger partial charge >= 0.3 is 5.97 Å². The largest absolute Gasteiger partial charge is 0.465 e. The number of methoxy groups -OCH3 is 1. The SMILES string of the molecule is COC(=O)c1cccc2[nH]c(-c3ccccc3C)nc12. The summed E-state index contributed by atoms with van der Waals surface area (Å²) in [7, 11) is 1.37. The topological polar surface area (TPSA) is 55.0 Å². The van der Waals surface area contributed by atoms with Gasteiger partial charge in [0, 0.05) is 5.56 Å². The third-order valence-corrected chi connectivity index (χ3v) is 3.32. The third kappa shape index (κ3) is 1.95. The van der Waals surface area contributed by atoms with Gasteiger partial charge in [0.1, 0.15) is 11.3 Å². The Labute approximate surface area is 116 Å². The maximum absolute atomic E-state index is 11.8. The van der Waals surface area contributed by atoms with Crippen LogP contribution in [-0.4, -0.2) is 23.0 Å². The van der Waals surface area contributed by atoms with Gasteiger partial charge in [0.2, 0.25) is 0 Å². The smallest absolute Gasteiger partial charge is 0.340 e. The summed E-state index contributed by atoms with van der Waals surface area (Å²) in [6, 6.07) is 13.4. The molecule has 3 rings (SSSR count). The van der Waals surface area contributed by atoms with Gasteiger partial charge in [0.15, 0.2) is 0 Å². The summed E-state index contributed by atoms with van der Waals surface area (Å²) in [4.78, 5) is 19.6. The zero-order valence-electron chi connectivity index (χ0n) is 11.3. The summed E-state index contributed by atoms with van der Waals surface area (Å²) in [5.41, 5.74) is 4.09. The molecule has 1 heterocycles. The summed E-state index contributed by atoms with van der Waals surface area (Å²) in [6.07, 6.45) is 0. The monoisotopic (exact) mass is 266 g/mol. The Bertz CT molecular complexity index is 790. The number of para-hydroxylation sites is 1. The lowest BCUT2D eigenvalue weighted by atomic mass is 10.1. The lowest BCUT2D eigenvalue weighted by Gasteiger charge is -2.00. The molecule has 1 aromatic heterocycles. The number of rotatable bonds is 2. The Hall–Kier alpha value is -2.62. The number of hydrogen-bond donors (Lipinski definition) is 1. The number of fused-ring (bicyclic) bond motifs is 1. The number of H-pyrrole nitrogens is 1. The van der Waals surface area contributed by atoms with Gasteiger partial charge < -0.3 is 9.72 Å². The molecule has 20 heavy (non-hydrogen) atoms. The molecule has 0 spiro atoms. The van der Waals surface area contributed by atoms with Gasteiger partial charge in [0.05, 0.1) is 18.2 Å². The molecule has 0 bridgehead atoms. The number of ether oxygens (including phenoxy) is 1. The minimum atomic E-state index is -0.376. The number of carbonyl (C=O) groups excluding carboxylic acids is 1. The van der Waals surface area contributed by atoms with Crippen LogP contribution < -0.4 is 0 Å². The van der Waals surface area contributed by atoms with Crippen molar-refractivity contribution in [1.29, 1.82) is 0 Å². The highest BCUT2D eigenvalue weighted by atomic mass is 16.5. The normalized spacial score (nSPS) is 10.7. The van der Waals surface area contributed by atoms with Crippen LogP contribution in [0.1, 0.15) is 15.9 Å². The summed E-state index contributed by atoms with van der Waals surface area (Å²) in [6.45, 7) is 2.03. The van der Waals surface area contributed by atoms with E-state index in [1.54, 1.807) is 6.07 Å². The number of imidazole rings is 1. The summed E-state index contributed by atoms with van der Waals surface area (Å²) in [5, 5.41) is 0. The summed E-state index contributed by atoms with van der Waals surface area (Å²) >= 11 is 0. The van der Waals surface area contributed by atoms with E-state index in [4.69, 9.17) is 4.74 Å². The van der Waals surface area contributed by atoms with Crippen LogP contribution in [0, 0.1) is 6.92 Å². The number of aromatic amines is 1. The highest BCUT2D eigenvalue weighted by Gasteiger charge is 2.15. The maximum Gasteiger partial charge on any atom is 0.340 e. The highest BCUT2D eigenvalue weighted by Crippen LogP contribution is 2.25. The van der Waals surface area contributed by atoms with Crippen LogP contribution in [0.3, 0.4) is 0 Å². The van der Waals surface area contributed by atoms with Crippen LogP contribution in [0.15, 0.2) is 42.5 Å². The van der Waals surface area contributed by atoms with Gasteiger partial charge in [-0.05, 0) is 24.6 Å². The van der Waals surface area contributed by atoms with Crippen molar-refractivity contribution in [3.05, 3.63) is 53.6 Å². The molecule has 3 aromatic rings. The van der Waals surface area contributed by atoms with Crippen molar-refractivity contribution in [3.8, 4) is 11.4 Å². The van der Waals surface area contributed by atoms with E-state index < -0.39 is 0 Å². The molecule has 0 aliphatic heterocycles. The Kier molecular flexibility index (Phi) is 2.99. The van der Waals surface area contributed by atoms with E-state index in [1.807, 2.05) is 43.3 Å². The average Bonchev–Trinajstić information content (AvgIpc) is 2.90. The van der Waals surface area contributed by atoms with E-state index in [0.717, 1.165) is 22.5 Å². The first-order chi connectivity index (χ1) is 9.70. The number of hydrogen-bond acceptors (Lipinski definition) is 3. The molecule has 0 saturated carbocycles. The van der Waals surface area contributed by atoms with Crippen molar-refractivity contribution in [3.63, 3.8) is 0 Å². The lowest BCUT2D eigenvalue weighted by molar-refractivity contribution is 0.0603. The van der Waals surface area contributed by atoms with Crippen molar-refractivity contribution in [1.82, 2.24) is 9.97 Å². The first kappa shape index (κ1) is 12.4. The van der Waals surface area contributed by atoms with Gasteiger partial charge in [-0.3, -0.25) is 0 Å². The van der Waals surface area contributed by atoms with Crippen LogP contribution >= 0.6 is 0 Å². The standard InChI is InChI=1S/C16H14N2O2/c1-10-6-3-4-7-11(10)15-17-13-9-5-8-12(14(13)18-15)16(19)20-2/h3-9H,1-2H3,(H,17,18). The van der Waals surface area contributed by atoms with Crippen LogP contribution in [0.25, 0.3) is 22.4 Å². The Balaban J connectivity index is 2.21. The van der Waals surface area contributed by atoms with Crippen molar-refractivity contribution < 1.29 is 9.53 Å². The first-order valence-electron chi connectivity index (χ1n) is 6.34. The van der Waals surface area contributed by atoms with E-state index >= 15 is 0 Å². The van der Waals surface area contributed by atoms with Crippen LogP contribution in [0.4, 0.5) is 0 Å². The molecular formula is C16H14N2O2. The minimum Gasteiger partial charge on any atom is -0.465 e. The van der Waals surface area contributed by atoms with Gasteiger partial charge in [-0.15, -0.1) is 0 Å². The predicted octanol–water partition coefficient (Wildman–Crippen LogP) is 3.32. The Morgan fingerprint density at radius 3 is 2.70 bits per heavy atom. The van der Waals surface area contributed by atoms with Crippen molar-refractivity contribution >= 4 is 17.0 Å². The third-order valence-electron chi connectivity index (χ3n) is 3.32. The Morgan fingerprint density at radius 1 is 1.15 bits per heavy atom. The zero-order chi connectivity index (χ0) is 14.1. The Morgan fingerprint density at radius 2 is 1.95 bits per heavy atom. The molecule has 2 aromatic carbocycles. The first-order valence-corrected chi connectivity index (χ1v) is 6.34. The fourth-order valence-corrected chi connectivity index (χ4v) is 2.27. The molecule has 4 heteroatoms. The van der Waals surface area contributed by atoms with Crippen molar-refractivity contribution in [2.75, 3.05) is 7.11 Å². The predicted molar refractivity (Wildman–Crippen MR) is 77.6 cm³/mol. The van der Waals surface area contributed by atoms with E-state index in [2.05, 4.69) is 9.97 Å². The lowest BCUT2D eigenvalue weighted by Crippen LogP contribution is -2.01. The fraction of sp³-hybridized carbons (Fsp3) is 0.125. The molecule has 0 unspecified atom stereocenters. The van der Waals surface area contributed by atoms with E-state index in [0.29, 0.717) is 11.1 Å². The minimum absolute atomic E-state index is 0.376. The van der Waals surface area contributed by atoms with Gasteiger partial charge in [-0.25, -0.2) is 9.78 Å². The molecule has 100 valence electrons. The number of aryl methyl sites for hydroxylation is 1. The molecule has 1 N–H and O–H groups in total. The quantitative estimate of drug-likeness (QED) is 0.724. The molecule has 4 nitrogen and oxygen atoms in total. The molecule has 0 fully saturated rings. The molecule has 0 saturated heterocycles. The second-order valence-electron chi connectivity index (χ2n) is 4.59. The number of esters is 1. The van der Waals surface area contributed by atoms with Crippen molar-refractivity contribution in [2.24, 2.45) is 0 Å². The van der Waals surface area contributed by atoms with E-state index in [-0.39, 0.29) is 5.97 Å². The van der Waals surface area contributed by atoms with Crippen LogP contribution in [-0.2, 0) is 4.74 Å². The number of nitrogens with one attached hydrogen (secondary N) is 1. The van der Waals surface area contributed by atoms with Crippen molar-refractivity contribution in [2.45, 2.75) is 6.92 Å². The number of carbonyl (C=O) groups is 1. The zero-order valence-corrected chi connectivity index (χ0v) is 11.3. The van der Waals surface area contributed by atoms with Gasteiger partial charge in [0.25, 0.3) is 0 Å². The average molecular weight is 266 g/mol. The van der Waals surface area contributed by atoms with Gasteiger partial charge in [-0.1, -0.05) is 30.3 Å². The molecule has 0 amide bonds. The van der Waals surface area contributed by atoms with Gasteiger partial charge in [-0.2, -0.15) is 0 Å². The number of nitrogens with zero attached hydrogens (tertiary/aromatic N) is 1. The second kappa shape index (κ2) is 4.81. The molecule has 0 radical (unpaired) electrons. The maximum atomic E-state index is 11.8. The van der Waals surface area contributed by atoms with E-state index in [1.165, 1.54) is 7.11 Å². The number of benzene rings is 2. The molecule has 0 aliphatic rings. The molecule has 0 aliphatic carbocycles. The highest BCUT2D eigenvalue weighted by molar-refractivity contribution is 6.02. The number of aromatic nitrogens is 2. The molecular weight excluding hydrogens is 252 g/mol. The fourth-order valence-electron chi connectivity index (χ4n) is 2.27. The molecule has 0 atom stereocenters. The van der Waals surface area contributed by atoms with Crippen LogP contribution in [0.5, 0.6) is 0 Å². The van der Waals surface area contributed by atoms with Crippen LogP contribution in [0.2, 0.25) is 0 Å². The second-order valence-corrected chi connectivity index (χ2v) is 4.59. The van der Waals surface area contributed by atoms with E-state index in [9.17, 15) is 4.79 Å². The summed E-state index contributed by atoms with van der Waals surface area (Å²) in [5.74, 6) is 0.382.